The van der Waals surface area contributed by atoms with Gasteiger partial charge in [-0.1, -0.05) is 6.07 Å². The molecule has 5 heteroatoms. The minimum atomic E-state index is -1.09. The molecule has 20 heavy (non-hydrogen) atoms. The lowest BCUT2D eigenvalue weighted by molar-refractivity contribution is 0.0697. The van der Waals surface area contributed by atoms with Crippen LogP contribution in [0.5, 0.6) is 5.75 Å². The maximum Gasteiger partial charge on any atom is 0.343 e. The van der Waals surface area contributed by atoms with Gasteiger partial charge in [-0.25, -0.2) is 9.59 Å². The van der Waals surface area contributed by atoms with Crippen LogP contribution in [0.3, 0.4) is 0 Å². The Bertz CT molecular complexity index is 635. The average Bonchev–Trinajstić information content (AvgIpc) is 2.48. The second kappa shape index (κ2) is 5.88. The van der Waals surface area contributed by atoms with E-state index >= 15 is 0 Å². The molecule has 102 valence electrons. The molecule has 0 heterocycles. The van der Waals surface area contributed by atoms with E-state index in [0.717, 1.165) is 5.69 Å². The predicted octanol–water partition coefficient (Wildman–Crippen LogP) is 2.65. The van der Waals surface area contributed by atoms with Gasteiger partial charge < -0.3 is 15.2 Å². The predicted molar refractivity (Wildman–Crippen MR) is 74.3 cm³/mol. The molecule has 2 rings (SSSR count). The maximum atomic E-state index is 11.9. The summed E-state index contributed by atoms with van der Waals surface area (Å²) in [5.74, 6) is -1.28. The summed E-state index contributed by atoms with van der Waals surface area (Å²) in [5, 5.41) is 11.8. The van der Waals surface area contributed by atoms with Crippen LogP contribution in [0.25, 0.3) is 0 Å². The van der Waals surface area contributed by atoms with Crippen LogP contribution in [0.15, 0.2) is 48.5 Å². The zero-order valence-corrected chi connectivity index (χ0v) is 10.8. The van der Waals surface area contributed by atoms with Crippen LogP contribution >= 0.6 is 0 Å². The molecule has 2 aromatic rings. The molecule has 0 aromatic heterocycles. The summed E-state index contributed by atoms with van der Waals surface area (Å²) in [6.07, 6.45) is 0. The second-order valence-electron chi connectivity index (χ2n) is 4.05. The van der Waals surface area contributed by atoms with E-state index in [2.05, 4.69) is 5.32 Å². The Morgan fingerprint density at radius 2 is 1.70 bits per heavy atom. The van der Waals surface area contributed by atoms with E-state index in [0.29, 0.717) is 5.75 Å². The van der Waals surface area contributed by atoms with Gasteiger partial charge >= 0.3 is 11.9 Å². The van der Waals surface area contributed by atoms with E-state index in [1.807, 2.05) is 0 Å². The minimum absolute atomic E-state index is 0.0463. The largest absolute Gasteiger partial charge is 0.478 e. The van der Waals surface area contributed by atoms with Gasteiger partial charge in [0.2, 0.25) is 0 Å². The highest BCUT2D eigenvalue weighted by Crippen LogP contribution is 2.17. The lowest BCUT2D eigenvalue weighted by Crippen LogP contribution is -2.09. The molecule has 0 radical (unpaired) electrons. The number of aromatic carboxylic acids is 1. The van der Waals surface area contributed by atoms with Gasteiger partial charge in [0.15, 0.2) is 0 Å². The van der Waals surface area contributed by atoms with Crippen molar-refractivity contribution in [3.05, 3.63) is 59.7 Å². The third kappa shape index (κ3) is 3.14. The van der Waals surface area contributed by atoms with Crippen LogP contribution in [0.4, 0.5) is 5.69 Å². The third-order valence-electron chi connectivity index (χ3n) is 2.70. The van der Waals surface area contributed by atoms with Crippen molar-refractivity contribution in [2.75, 3.05) is 12.4 Å². The third-order valence-corrected chi connectivity index (χ3v) is 2.70. The minimum Gasteiger partial charge on any atom is -0.478 e. The number of carbonyl (C=O) groups excluding carboxylic acids is 1. The van der Waals surface area contributed by atoms with Crippen molar-refractivity contribution in [1.82, 2.24) is 0 Å². The van der Waals surface area contributed by atoms with E-state index in [1.165, 1.54) is 24.3 Å². The van der Waals surface area contributed by atoms with Crippen LogP contribution in [0.2, 0.25) is 0 Å². The first kappa shape index (κ1) is 13.6. The van der Waals surface area contributed by atoms with Gasteiger partial charge in [-0.15, -0.1) is 0 Å². The summed E-state index contributed by atoms with van der Waals surface area (Å²) >= 11 is 0. The normalized spacial score (nSPS) is 9.85. The Kier molecular flexibility index (Phi) is 4.00. The zero-order chi connectivity index (χ0) is 14.5. The van der Waals surface area contributed by atoms with Gasteiger partial charge in [-0.2, -0.15) is 0 Å². The van der Waals surface area contributed by atoms with Gasteiger partial charge in [0, 0.05) is 12.7 Å². The van der Waals surface area contributed by atoms with Crippen LogP contribution in [-0.2, 0) is 0 Å². The first-order valence-corrected chi connectivity index (χ1v) is 5.93. The van der Waals surface area contributed by atoms with Crippen molar-refractivity contribution < 1.29 is 19.4 Å². The van der Waals surface area contributed by atoms with E-state index in [1.54, 1.807) is 31.3 Å². The molecule has 0 aliphatic rings. The number of anilines is 1. The molecule has 0 saturated carbocycles. The number of hydrogen-bond acceptors (Lipinski definition) is 4. The molecule has 0 unspecified atom stereocenters. The van der Waals surface area contributed by atoms with Crippen molar-refractivity contribution in [3.8, 4) is 5.75 Å². The number of benzene rings is 2. The molecular weight excluding hydrogens is 258 g/mol. The van der Waals surface area contributed by atoms with Gasteiger partial charge in [0.05, 0.1) is 11.1 Å². The molecule has 5 nitrogen and oxygen atoms in total. The molecule has 0 bridgehead atoms. The Hall–Kier alpha value is -2.82. The summed E-state index contributed by atoms with van der Waals surface area (Å²) in [6.45, 7) is 0. The topological polar surface area (TPSA) is 75.6 Å². The number of carbonyl (C=O) groups is 2. The SMILES string of the molecule is CNc1ccc(OC(=O)c2cccc(C(=O)O)c2)cc1. The van der Waals surface area contributed by atoms with Crippen molar-refractivity contribution in [1.29, 1.82) is 0 Å². The first-order valence-electron chi connectivity index (χ1n) is 5.93. The molecule has 0 saturated heterocycles. The molecule has 2 N–H and O–H groups in total. The molecule has 0 spiro atoms. The average molecular weight is 271 g/mol. The highest BCUT2D eigenvalue weighted by atomic mass is 16.5. The molecule has 0 atom stereocenters. The lowest BCUT2D eigenvalue weighted by atomic mass is 10.1. The maximum absolute atomic E-state index is 11.9. The van der Waals surface area contributed by atoms with Gasteiger partial charge in [0.1, 0.15) is 5.75 Å². The number of carboxylic acids is 1. The van der Waals surface area contributed by atoms with E-state index in [4.69, 9.17) is 9.84 Å². The lowest BCUT2D eigenvalue weighted by Gasteiger charge is -2.06. The summed E-state index contributed by atoms with van der Waals surface area (Å²) in [4.78, 5) is 22.8. The smallest absolute Gasteiger partial charge is 0.343 e. The number of carboxylic acid groups (broad SMARTS) is 1. The Labute approximate surface area is 115 Å². The standard InChI is InChI=1S/C15H13NO4/c1-16-12-5-7-13(8-6-12)20-15(19)11-4-2-3-10(9-11)14(17)18/h2-9,16H,1H3,(H,17,18). The van der Waals surface area contributed by atoms with Crippen LogP contribution in [-0.4, -0.2) is 24.1 Å². The van der Waals surface area contributed by atoms with E-state index in [-0.39, 0.29) is 11.1 Å². The van der Waals surface area contributed by atoms with Gasteiger partial charge in [-0.3, -0.25) is 0 Å². The fourth-order valence-electron chi connectivity index (χ4n) is 1.63. The molecule has 0 amide bonds. The van der Waals surface area contributed by atoms with E-state index < -0.39 is 11.9 Å². The van der Waals surface area contributed by atoms with Crippen molar-refractivity contribution in [2.45, 2.75) is 0 Å². The highest BCUT2D eigenvalue weighted by Gasteiger charge is 2.11. The van der Waals surface area contributed by atoms with Crippen LogP contribution in [0.1, 0.15) is 20.7 Å². The number of ether oxygens (including phenoxy) is 1. The molecule has 2 aromatic carbocycles. The Balaban J connectivity index is 2.14. The Morgan fingerprint density at radius 1 is 1.05 bits per heavy atom. The zero-order valence-electron chi connectivity index (χ0n) is 10.8. The van der Waals surface area contributed by atoms with Gasteiger partial charge in [0.25, 0.3) is 0 Å². The quantitative estimate of drug-likeness (QED) is 0.660. The van der Waals surface area contributed by atoms with Crippen molar-refractivity contribution >= 4 is 17.6 Å². The van der Waals surface area contributed by atoms with Crippen LogP contribution < -0.4 is 10.1 Å². The number of nitrogens with one attached hydrogen (secondary N) is 1. The Morgan fingerprint density at radius 3 is 2.30 bits per heavy atom. The van der Waals surface area contributed by atoms with Crippen molar-refractivity contribution in [2.24, 2.45) is 0 Å². The van der Waals surface area contributed by atoms with Crippen molar-refractivity contribution in [3.63, 3.8) is 0 Å². The number of hydrogen-bond donors (Lipinski definition) is 2. The number of esters is 1. The molecular formula is C15H13NO4. The highest BCUT2D eigenvalue weighted by molar-refractivity contribution is 5.95. The molecule has 0 aliphatic carbocycles. The number of rotatable bonds is 4. The van der Waals surface area contributed by atoms with Gasteiger partial charge in [-0.05, 0) is 42.5 Å². The fourth-order valence-corrected chi connectivity index (χ4v) is 1.63. The summed E-state index contributed by atoms with van der Waals surface area (Å²) in [7, 11) is 1.79. The fraction of sp³-hybridized carbons (Fsp3) is 0.0667. The van der Waals surface area contributed by atoms with Crippen LogP contribution in [0, 0.1) is 0 Å². The molecule has 0 aliphatic heterocycles. The van der Waals surface area contributed by atoms with E-state index in [9.17, 15) is 9.59 Å². The summed E-state index contributed by atoms with van der Waals surface area (Å²) < 4.78 is 5.18. The summed E-state index contributed by atoms with van der Waals surface area (Å²) in [5.41, 5.74) is 1.14. The monoisotopic (exact) mass is 271 g/mol. The first-order chi connectivity index (χ1) is 9.60. The second-order valence-corrected chi connectivity index (χ2v) is 4.05. The summed E-state index contributed by atoms with van der Waals surface area (Å²) in [6, 6.07) is 12.6. The molecule has 0 fully saturated rings.